The minimum absolute atomic E-state index is 0.221. The fourth-order valence-corrected chi connectivity index (χ4v) is 2.99. The zero-order valence-corrected chi connectivity index (χ0v) is 11.1. The molecule has 0 aliphatic heterocycles. The van der Waals surface area contributed by atoms with E-state index in [0.717, 1.165) is 12.8 Å². The number of fused-ring (bicyclic) bond motifs is 1. The minimum atomic E-state index is 0.221. The van der Waals surface area contributed by atoms with Crippen molar-refractivity contribution in [3.63, 3.8) is 0 Å². The van der Waals surface area contributed by atoms with Gasteiger partial charge in [0.15, 0.2) is 0 Å². The molecule has 2 nitrogen and oxygen atoms in total. The van der Waals surface area contributed by atoms with Crippen molar-refractivity contribution in [3.8, 4) is 5.69 Å². The summed E-state index contributed by atoms with van der Waals surface area (Å²) in [7, 11) is 0. The first-order chi connectivity index (χ1) is 8.66. The van der Waals surface area contributed by atoms with Gasteiger partial charge in [-0.3, -0.25) is 0 Å². The van der Waals surface area contributed by atoms with Crippen LogP contribution >= 0.6 is 0 Å². The van der Waals surface area contributed by atoms with Gasteiger partial charge in [-0.05, 0) is 56.9 Å². The van der Waals surface area contributed by atoms with Gasteiger partial charge in [0.05, 0.1) is 0 Å². The molecule has 0 fully saturated rings. The summed E-state index contributed by atoms with van der Waals surface area (Å²) in [6, 6.07) is 11.2. The van der Waals surface area contributed by atoms with Crippen molar-refractivity contribution in [1.29, 1.82) is 0 Å². The number of nitrogens with zero attached hydrogens (tertiary/aromatic N) is 1. The number of benzene rings is 1. The molecular formula is C16H20N2. The van der Waals surface area contributed by atoms with Gasteiger partial charge in [-0.2, -0.15) is 0 Å². The Bertz CT molecular complexity index is 564. The van der Waals surface area contributed by atoms with Gasteiger partial charge >= 0.3 is 0 Å². The third kappa shape index (κ3) is 1.77. The Morgan fingerprint density at radius 3 is 2.61 bits per heavy atom. The third-order valence-electron chi connectivity index (χ3n) is 3.94. The Morgan fingerprint density at radius 1 is 1.17 bits per heavy atom. The van der Waals surface area contributed by atoms with E-state index in [2.05, 4.69) is 48.7 Å². The number of rotatable bonds is 1. The quantitative estimate of drug-likeness (QED) is 0.813. The van der Waals surface area contributed by atoms with Crippen LogP contribution in [0, 0.1) is 13.8 Å². The maximum atomic E-state index is 6.22. The second-order valence-corrected chi connectivity index (χ2v) is 5.36. The highest BCUT2D eigenvalue weighted by molar-refractivity contribution is 5.44. The molecule has 94 valence electrons. The van der Waals surface area contributed by atoms with Gasteiger partial charge < -0.3 is 10.3 Å². The van der Waals surface area contributed by atoms with Gasteiger partial charge in [-0.25, -0.2) is 0 Å². The summed E-state index contributed by atoms with van der Waals surface area (Å²) >= 11 is 0. The van der Waals surface area contributed by atoms with Gasteiger partial charge in [0.1, 0.15) is 0 Å². The highest BCUT2D eigenvalue weighted by atomic mass is 15.0. The van der Waals surface area contributed by atoms with Crippen molar-refractivity contribution in [3.05, 3.63) is 52.8 Å². The number of aryl methyl sites for hydroxylation is 2. The molecule has 1 heterocycles. The molecule has 0 amide bonds. The van der Waals surface area contributed by atoms with Crippen LogP contribution in [0.15, 0.2) is 30.3 Å². The summed E-state index contributed by atoms with van der Waals surface area (Å²) in [4.78, 5) is 0. The first kappa shape index (κ1) is 11.5. The van der Waals surface area contributed by atoms with E-state index in [1.54, 1.807) is 0 Å². The molecule has 1 unspecified atom stereocenters. The van der Waals surface area contributed by atoms with Crippen LogP contribution in [0.2, 0.25) is 0 Å². The minimum Gasteiger partial charge on any atom is -0.324 e. The van der Waals surface area contributed by atoms with Crippen molar-refractivity contribution in [2.45, 2.75) is 39.2 Å². The van der Waals surface area contributed by atoms with Crippen LogP contribution in [0.5, 0.6) is 0 Å². The van der Waals surface area contributed by atoms with Crippen molar-refractivity contribution in [2.24, 2.45) is 5.73 Å². The van der Waals surface area contributed by atoms with Gasteiger partial charge in [0.25, 0.3) is 0 Å². The van der Waals surface area contributed by atoms with Gasteiger partial charge in [-0.15, -0.1) is 0 Å². The van der Waals surface area contributed by atoms with Crippen LogP contribution in [0.1, 0.15) is 41.4 Å². The standard InChI is InChI=1S/C16H20N2/c1-11-6-8-13(9-7-11)18-12(2)10-14-15(17)4-3-5-16(14)18/h6-10,15H,3-5,17H2,1-2H3. The van der Waals surface area contributed by atoms with E-state index in [1.807, 2.05) is 0 Å². The Balaban J connectivity index is 2.15. The van der Waals surface area contributed by atoms with E-state index in [4.69, 9.17) is 5.73 Å². The topological polar surface area (TPSA) is 30.9 Å². The average Bonchev–Trinajstić information content (AvgIpc) is 2.69. The zero-order valence-electron chi connectivity index (χ0n) is 11.1. The normalized spacial score (nSPS) is 18.7. The first-order valence-corrected chi connectivity index (χ1v) is 6.70. The van der Waals surface area contributed by atoms with Gasteiger partial charge in [0.2, 0.25) is 0 Å². The molecule has 2 heteroatoms. The van der Waals surface area contributed by atoms with E-state index in [0.29, 0.717) is 0 Å². The fraction of sp³-hybridized carbons (Fsp3) is 0.375. The van der Waals surface area contributed by atoms with Gasteiger partial charge in [-0.1, -0.05) is 17.7 Å². The summed E-state index contributed by atoms with van der Waals surface area (Å²) in [5.74, 6) is 0. The molecule has 3 rings (SSSR count). The molecule has 0 spiro atoms. The number of aromatic nitrogens is 1. The highest BCUT2D eigenvalue weighted by Gasteiger charge is 2.22. The lowest BCUT2D eigenvalue weighted by molar-refractivity contribution is 0.560. The Morgan fingerprint density at radius 2 is 1.89 bits per heavy atom. The molecule has 2 N–H and O–H groups in total. The monoisotopic (exact) mass is 240 g/mol. The summed E-state index contributed by atoms with van der Waals surface area (Å²) in [5, 5.41) is 0. The van der Waals surface area contributed by atoms with E-state index < -0.39 is 0 Å². The van der Waals surface area contributed by atoms with E-state index in [-0.39, 0.29) is 6.04 Å². The van der Waals surface area contributed by atoms with Crippen LogP contribution in [0.4, 0.5) is 0 Å². The SMILES string of the molecule is Cc1ccc(-n2c(C)cc3c2CCCC3N)cc1. The molecule has 1 aromatic heterocycles. The van der Waals surface area contributed by atoms with E-state index in [1.165, 1.54) is 34.6 Å². The van der Waals surface area contributed by atoms with Crippen molar-refractivity contribution in [2.75, 3.05) is 0 Å². The summed E-state index contributed by atoms with van der Waals surface area (Å²) in [6.45, 7) is 4.29. The van der Waals surface area contributed by atoms with Crippen molar-refractivity contribution >= 4 is 0 Å². The predicted molar refractivity (Wildman–Crippen MR) is 75.1 cm³/mol. The molecule has 1 aliphatic rings. The maximum Gasteiger partial charge on any atom is 0.0455 e. The Hall–Kier alpha value is -1.54. The average molecular weight is 240 g/mol. The number of hydrogen-bond acceptors (Lipinski definition) is 1. The van der Waals surface area contributed by atoms with Crippen LogP contribution in [0.25, 0.3) is 5.69 Å². The fourth-order valence-electron chi connectivity index (χ4n) is 2.99. The molecule has 18 heavy (non-hydrogen) atoms. The van der Waals surface area contributed by atoms with Crippen LogP contribution < -0.4 is 5.73 Å². The summed E-state index contributed by atoms with van der Waals surface area (Å²) in [5.41, 5.74) is 12.8. The van der Waals surface area contributed by atoms with Crippen LogP contribution in [0.3, 0.4) is 0 Å². The second kappa shape index (κ2) is 4.29. The molecule has 0 saturated carbocycles. The molecule has 2 aromatic rings. The Kier molecular flexibility index (Phi) is 2.75. The largest absolute Gasteiger partial charge is 0.324 e. The van der Waals surface area contributed by atoms with Crippen molar-refractivity contribution < 1.29 is 0 Å². The summed E-state index contributed by atoms with van der Waals surface area (Å²) < 4.78 is 2.37. The summed E-state index contributed by atoms with van der Waals surface area (Å²) in [6.07, 6.45) is 3.46. The first-order valence-electron chi connectivity index (χ1n) is 6.70. The number of hydrogen-bond donors (Lipinski definition) is 1. The van der Waals surface area contributed by atoms with Gasteiger partial charge in [0, 0.05) is 23.1 Å². The smallest absolute Gasteiger partial charge is 0.0455 e. The van der Waals surface area contributed by atoms with Crippen LogP contribution in [-0.2, 0) is 6.42 Å². The number of nitrogens with two attached hydrogens (primary N) is 1. The van der Waals surface area contributed by atoms with Crippen molar-refractivity contribution in [1.82, 2.24) is 4.57 Å². The predicted octanol–water partition coefficient (Wildman–Crippen LogP) is 3.43. The second-order valence-electron chi connectivity index (χ2n) is 5.36. The molecule has 1 aromatic carbocycles. The van der Waals surface area contributed by atoms with E-state index in [9.17, 15) is 0 Å². The molecular weight excluding hydrogens is 220 g/mol. The lowest BCUT2D eigenvalue weighted by atomic mass is 9.93. The lowest BCUT2D eigenvalue weighted by Crippen LogP contribution is -2.17. The molecule has 0 saturated heterocycles. The maximum absolute atomic E-state index is 6.22. The molecule has 0 bridgehead atoms. The Labute approximate surface area is 108 Å². The molecule has 0 radical (unpaired) electrons. The lowest BCUT2D eigenvalue weighted by Gasteiger charge is -2.21. The molecule has 1 aliphatic carbocycles. The molecule has 1 atom stereocenters. The zero-order chi connectivity index (χ0) is 12.7. The van der Waals surface area contributed by atoms with E-state index >= 15 is 0 Å². The van der Waals surface area contributed by atoms with Crippen LogP contribution in [-0.4, -0.2) is 4.57 Å². The highest BCUT2D eigenvalue weighted by Crippen LogP contribution is 2.32. The third-order valence-corrected chi connectivity index (χ3v) is 3.94.